The number of hydrogen-bond donors (Lipinski definition) is 1. The van der Waals surface area contributed by atoms with Crippen LogP contribution in [0.3, 0.4) is 0 Å². The molecule has 3 nitrogen and oxygen atoms in total. The molecule has 0 bridgehead atoms. The molecule has 0 heterocycles. The van der Waals surface area contributed by atoms with Crippen LogP contribution in [-0.4, -0.2) is 22.8 Å². The highest BCUT2D eigenvalue weighted by Crippen LogP contribution is 2.67. The van der Waals surface area contributed by atoms with Crippen LogP contribution in [0.2, 0.25) is 0 Å². The Morgan fingerprint density at radius 2 is 1.96 bits per heavy atom. The van der Waals surface area contributed by atoms with Crippen molar-refractivity contribution in [3.63, 3.8) is 0 Å². The number of ether oxygens (including phenoxy) is 1. The molecule has 0 radical (unpaired) electrons. The number of allylic oxidation sites excluding steroid dienone is 1. The van der Waals surface area contributed by atoms with E-state index in [1.807, 2.05) is 0 Å². The third kappa shape index (κ3) is 2.34. The van der Waals surface area contributed by atoms with E-state index < -0.39 is 5.60 Å². The van der Waals surface area contributed by atoms with Gasteiger partial charge in [-0.15, -0.1) is 6.42 Å². The van der Waals surface area contributed by atoms with Crippen LogP contribution < -0.4 is 0 Å². The van der Waals surface area contributed by atoms with Crippen LogP contribution in [-0.2, 0) is 9.53 Å². The molecule has 0 aromatic carbocycles. The van der Waals surface area contributed by atoms with E-state index in [9.17, 15) is 9.90 Å². The Kier molecular flexibility index (Phi) is 4.08. The number of carbonyl (C=O) groups excluding carboxylic acids is 1. The van der Waals surface area contributed by atoms with E-state index in [0.717, 1.165) is 51.4 Å². The second kappa shape index (κ2) is 5.86. The number of fused-ring (bicyclic) bond motifs is 5. The molecule has 4 aliphatic rings. The average Bonchev–Trinajstić information content (AvgIpc) is 2.87. The SMILES string of the molecule is C#C[C@]1(O)CC[C@H]2[C@H]3CC=C4C[C@H](OC(C)=O)CC[C@]4(C)[C@H]3CC[C@]21C. The highest BCUT2D eigenvalue weighted by molar-refractivity contribution is 5.66. The first kappa shape index (κ1) is 18.1. The molecule has 1 N–H and O–H groups in total. The van der Waals surface area contributed by atoms with Crippen LogP contribution in [0.1, 0.15) is 72.1 Å². The summed E-state index contributed by atoms with van der Waals surface area (Å²) in [5.74, 6) is 4.39. The van der Waals surface area contributed by atoms with Gasteiger partial charge >= 0.3 is 5.97 Å². The van der Waals surface area contributed by atoms with Gasteiger partial charge in [0.15, 0.2) is 0 Å². The van der Waals surface area contributed by atoms with Crippen LogP contribution in [0.25, 0.3) is 0 Å². The van der Waals surface area contributed by atoms with E-state index in [1.165, 1.54) is 12.5 Å². The summed E-state index contributed by atoms with van der Waals surface area (Å²) in [6.07, 6.45) is 16.3. The number of rotatable bonds is 1. The summed E-state index contributed by atoms with van der Waals surface area (Å²) < 4.78 is 5.51. The number of carbonyl (C=O) groups is 1. The molecule has 0 saturated heterocycles. The summed E-state index contributed by atoms with van der Waals surface area (Å²) in [6.45, 7) is 6.18. The van der Waals surface area contributed by atoms with Crippen LogP contribution in [0, 0.1) is 40.9 Å². The molecule has 142 valence electrons. The molecule has 0 aromatic rings. The summed E-state index contributed by atoms with van der Waals surface area (Å²) in [5, 5.41) is 11.1. The van der Waals surface area contributed by atoms with Crippen LogP contribution in [0.15, 0.2) is 11.6 Å². The zero-order valence-electron chi connectivity index (χ0n) is 16.4. The summed E-state index contributed by atoms with van der Waals surface area (Å²) in [7, 11) is 0. The Balaban J connectivity index is 1.61. The molecule has 7 atom stereocenters. The molecule has 4 aliphatic carbocycles. The van der Waals surface area contributed by atoms with Crippen molar-refractivity contribution >= 4 is 5.97 Å². The molecule has 0 spiro atoms. The largest absolute Gasteiger partial charge is 0.462 e. The number of aliphatic hydroxyl groups is 1. The van der Waals surface area contributed by atoms with Crippen LogP contribution in [0.5, 0.6) is 0 Å². The Labute approximate surface area is 157 Å². The highest BCUT2D eigenvalue weighted by atomic mass is 16.5. The van der Waals surface area contributed by atoms with Crippen molar-refractivity contribution < 1.29 is 14.6 Å². The van der Waals surface area contributed by atoms with Gasteiger partial charge in [-0.3, -0.25) is 4.79 Å². The summed E-state index contributed by atoms with van der Waals surface area (Å²) in [5.41, 5.74) is 0.655. The molecular formula is C23H32O3. The molecule has 0 amide bonds. The fourth-order valence-electron chi connectivity index (χ4n) is 7.22. The molecule has 0 unspecified atom stereocenters. The smallest absolute Gasteiger partial charge is 0.302 e. The second-order valence-corrected chi connectivity index (χ2v) is 9.73. The van der Waals surface area contributed by atoms with Crippen molar-refractivity contribution in [1.82, 2.24) is 0 Å². The van der Waals surface area contributed by atoms with Gasteiger partial charge < -0.3 is 9.84 Å². The van der Waals surface area contributed by atoms with Crippen LogP contribution >= 0.6 is 0 Å². The molecule has 26 heavy (non-hydrogen) atoms. The number of terminal acetylenes is 1. The van der Waals surface area contributed by atoms with Gasteiger partial charge in [0.1, 0.15) is 11.7 Å². The van der Waals surface area contributed by atoms with Crippen molar-refractivity contribution in [2.75, 3.05) is 0 Å². The van der Waals surface area contributed by atoms with Gasteiger partial charge in [0.2, 0.25) is 0 Å². The second-order valence-electron chi connectivity index (χ2n) is 9.73. The molecular weight excluding hydrogens is 324 g/mol. The van der Waals surface area contributed by atoms with E-state index in [2.05, 4.69) is 25.8 Å². The Hall–Kier alpha value is -1.27. The van der Waals surface area contributed by atoms with Crippen molar-refractivity contribution in [1.29, 1.82) is 0 Å². The predicted molar refractivity (Wildman–Crippen MR) is 101 cm³/mol. The minimum Gasteiger partial charge on any atom is -0.462 e. The van der Waals surface area contributed by atoms with Gasteiger partial charge in [0.25, 0.3) is 0 Å². The van der Waals surface area contributed by atoms with Crippen molar-refractivity contribution in [2.24, 2.45) is 28.6 Å². The molecule has 0 aliphatic heterocycles. The average molecular weight is 357 g/mol. The van der Waals surface area contributed by atoms with E-state index >= 15 is 0 Å². The lowest BCUT2D eigenvalue weighted by molar-refractivity contribution is -0.149. The van der Waals surface area contributed by atoms with Gasteiger partial charge in [-0.25, -0.2) is 0 Å². The molecule has 4 rings (SSSR count). The summed E-state index contributed by atoms with van der Waals surface area (Å²) >= 11 is 0. The Morgan fingerprint density at radius 1 is 1.23 bits per heavy atom. The zero-order chi connectivity index (χ0) is 18.7. The minimum atomic E-state index is -0.930. The summed E-state index contributed by atoms with van der Waals surface area (Å²) in [6, 6.07) is 0. The predicted octanol–water partition coefficient (Wildman–Crippen LogP) is 4.25. The maximum absolute atomic E-state index is 11.3. The normalized spacial score (nSPS) is 49.9. The van der Waals surface area contributed by atoms with Gasteiger partial charge in [0, 0.05) is 18.8 Å². The summed E-state index contributed by atoms with van der Waals surface area (Å²) in [4.78, 5) is 11.3. The van der Waals surface area contributed by atoms with Gasteiger partial charge in [-0.1, -0.05) is 31.4 Å². The van der Waals surface area contributed by atoms with Crippen molar-refractivity contribution in [3.8, 4) is 12.3 Å². The monoisotopic (exact) mass is 356 g/mol. The molecule has 3 saturated carbocycles. The van der Waals surface area contributed by atoms with E-state index in [1.54, 1.807) is 0 Å². The molecule has 3 fully saturated rings. The fourth-order valence-corrected chi connectivity index (χ4v) is 7.22. The maximum Gasteiger partial charge on any atom is 0.302 e. The van der Waals surface area contributed by atoms with Crippen LogP contribution in [0.4, 0.5) is 0 Å². The third-order valence-electron chi connectivity index (χ3n) is 8.78. The highest BCUT2D eigenvalue weighted by Gasteiger charge is 2.63. The quantitative estimate of drug-likeness (QED) is 0.434. The van der Waals surface area contributed by atoms with Crippen molar-refractivity contribution in [3.05, 3.63) is 11.6 Å². The zero-order valence-corrected chi connectivity index (χ0v) is 16.4. The lowest BCUT2D eigenvalue weighted by Gasteiger charge is -2.58. The number of hydrogen-bond acceptors (Lipinski definition) is 3. The first-order valence-electron chi connectivity index (χ1n) is 10.3. The van der Waals surface area contributed by atoms with Crippen molar-refractivity contribution in [2.45, 2.75) is 83.8 Å². The van der Waals surface area contributed by atoms with E-state index in [-0.39, 0.29) is 22.9 Å². The maximum atomic E-state index is 11.3. The van der Waals surface area contributed by atoms with E-state index in [0.29, 0.717) is 17.8 Å². The first-order valence-corrected chi connectivity index (χ1v) is 10.3. The van der Waals surface area contributed by atoms with Gasteiger partial charge in [0.05, 0.1) is 0 Å². The topological polar surface area (TPSA) is 46.5 Å². The van der Waals surface area contributed by atoms with Gasteiger partial charge in [-0.05, 0) is 68.1 Å². The number of esters is 1. The third-order valence-corrected chi connectivity index (χ3v) is 8.78. The minimum absolute atomic E-state index is 0.0512. The lowest BCUT2D eigenvalue weighted by Crippen LogP contribution is -2.54. The fraction of sp³-hybridized carbons (Fsp3) is 0.783. The van der Waals surface area contributed by atoms with Gasteiger partial charge in [-0.2, -0.15) is 0 Å². The molecule has 0 aromatic heterocycles. The molecule has 3 heteroatoms. The standard InChI is InChI=1S/C23H32O3/c1-5-23(25)13-10-20-18-7-6-16-14-17(26-15(2)24)8-11-21(16,3)19(18)9-12-22(20,23)4/h1,6,17-20,25H,7-14H2,2-4H3/t17-,18+,19+,20+,21+,22-,23+/m1/s1. The lowest BCUT2D eigenvalue weighted by atomic mass is 9.47. The van der Waals surface area contributed by atoms with E-state index in [4.69, 9.17) is 11.2 Å². The first-order chi connectivity index (χ1) is 12.2. The Morgan fingerprint density at radius 3 is 2.65 bits per heavy atom. The Bertz CT molecular complexity index is 688.